The maximum Gasteiger partial charge on any atom is 0.231 e. The van der Waals surface area contributed by atoms with Gasteiger partial charge in [-0.3, -0.25) is 0 Å². The molecule has 1 aromatic heterocycles. The summed E-state index contributed by atoms with van der Waals surface area (Å²) in [6.45, 7) is 3.71. The molecule has 44 heavy (non-hydrogen) atoms. The van der Waals surface area contributed by atoms with Gasteiger partial charge in [-0.15, -0.1) is 0 Å². The Balaban J connectivity index is 0.000000297. The van der Waals surface area contributed by atoms with Crippen LogP contribution in [0.25, 0.3) is 11.1 Å². The van der Waals surface area contributed by atoms with Crippen LogP contribution in [0.15, 0.2) is 78.9 Å². The number of nitrogens with zero attached hydrogens (tertiary/aromatic N) is 7. The number of rotatable bonds is 11. The van der Waals surface area contributed by atoms with Crippen LogP contribution < -0.4 is 19.4 Å². The van der Waals surface area contributed by atoms with Gasteiger partial charge >= 0.3 is 0 Å². The highest BCUT2D eigenvalue weighted by Crippen LogP contribution is 2.36. The summed E-state index contributed by atoms with van der Waals surface area (Å²) in [6, 6.07) is 26.2. The summed E-state index contributed by atoms with van der Waals surface area (Å²) in [4.78, 5) is 20.6. The van der Waals surface area contributed by atoms with Gasteiger partial charge in [0.05, 0.1) is 0 Å². The molecule has 0 atom stereocenters. The maximum atomic E-state index is 10.1. The van der Waals surface area contributed by atoms with Crippen LogP contribution in [0.2, 0.25) is 0 Å². The number of aromatic hydroxyl groups is 1. The van der Waals surface area contributed by atoms with E-state index in [-0.39, 0.29) is 5.75 Å². The van der Waals surface area contributed by atoms with Crippen LogP contribution in [0.1, 0.15) is 30.0 Å². The van der Waals surface area contributed by atoms with Gasteiger partial charge in [0, 0.05) is 48.8 Å². The Bertz CT molecular complexity index is 1420. The van der Waals surface area contributed by atoms with Gasteiger partial charge in [0.2, 0.25) is 17.8 Å². The van der Waals surface area contributed by atoms with Crippen molar-refractivity contribution in [2.75, 3.05) is 84.2 Å². The molecule has 0 saturated carbocycles. The Morgan fingerprint density at radius 1 is 0.636 bits per heavy atom. The van der Waals surface area contributed by atoms with Crippen molar-refractivity contribution in [2.24, 2.45) is 0 Å². The molecule has 234 valence electrons. The highest BCUT2D eigenvalue weighted by molar-refractivity contribution is 5.98. The molecule has 9 heteroatoms. The third kappa shape index (κ3) is 9.70. The molecule has 1 N–H and O–H groups in total. The van der Waals surface area contributed by atoms with E-state index in [2.05, 4.69) is 69.2 Å². The first-order valence-corrected chi connectivity index (χ1v) is 14.7. The Morgan fingerprint density at radius 3 is 1.61 bits per heavy atom. The second-order valence-electron chi connectivity index (χ2n) is 11.2. The fraction of sp³-hybridized carbons (Fsp3) is 0.343. The molecule has 0 aliphatic carbocycles. The monoisotopic (exact) mass is 597 g/mol. The Morgan fingerprint density at radius 2 is 1.16 bits per heavy atom. The molecule has 0 radical (unpaired) electrons. The van der Waals surface area contributed by atoms with E-state index in [0.717, 1.165) is 35.4 Å². The van der Waals surface area contributed by atoms with Gasteiger partial charge in [-0.05, 0) is 72.6 Å². The van der Waals surface area contributed by atoms with E-state index in [0.29, 0.717) is 24.5 Å². The van der Waals surface area contributed by atoms with E-state index in [4.69, 9.17) is 4.74 Å². The highest BCUT2D eigenvalue weighted by Gasteiger charge is 2.14. The first-order valence-electron chi connectivity index (χ1n) is 14.7. The molecule has 0 saturated heterocycles. The lowest BCUT2D eigenvalue weighted by molar-refractivity contribution is 0.261. The zero-order chi connectivity index (χ0) is 32.2. The number of phenolic OH excluding ortho intramolecular Hbond substituents is 1. The lowest BCUT2D eigenvalue weighted by Gasteiger charge is -2.18. The van der Waals surface area contributed by atoms with E-state index >= 15 is 0 Å². The van der Waals surface area contributed by atoms with Gasteiger partial charge in [0.15, 0.2) is 0 Å². The Labute approximate surface area is 263 Å². The smallest absolute Gasteiger partial charge is 0.231 e. The number of phenols is 1. The maximum absolute atomic E-state index is 10.1. The van der Waals surface area contributed by atoms with E-state index < -0.39 is 0 Å². The molecular weight excluding hydrogens is 550 g/mol. The number of hydrogen-bond donors (Lipinski definition) is 1. The van der Waals surface area contributed by atoms with E-state index in [1.54, 1.807) is 6.07 Å². The third-order valence-corrected chi connectivity index (χ3v) is 6.66. The van der Waals surface area contributed by atoms with Crippen molar-refractivity contribution in [3.05, 3.63) is 95.6 Å². The van der Waals surface area contributed by atoms with E-state index in [1.165, 1.54) is 11.1 Å². The van der Waals surface area contributed by atoms with Gasteiger partial charge in [0.25, 0.3) is 0 Å². The summed E-state index contributed by atoms with van der Waals surface area (Å²) < 4.78 is 5.85. The minimum Gasteiger partial charge on any atom is -0.508 e. The molecule has 0 amide bonds. The topological polar surface area (TPSA) is 81.1 Å². The molecule has 0 unspecified atom stereocenters. The fourth-order valence-electron chi connectivity index (χ4n) is 4.35. The van der Waals surface area contributed by atoms with Crippen molar-refractivity contribution in [3.8, 4) is 11.5 Å². The molecule has 4 rings (SSSR count). The zero-order valence-corrected chi connectivity index (χ0v) is 27.6. The average molecular weight is 598 g/mol. The molecule has 9 nitrogen and oxygen atoms in total. The molecular formula is C35H47N7O2. The molecule has 4 aromatic rings. The van der Waals surface area contributed by atoms with Crippen LogP contribution in [0.4, 0.5) is 17.8 Å². The largest absolute Gasteiger partial charge is 0.508 e. The third-order valence-electron chi connectivity index (χ3n) is 6.66. The second-order valence-corrected chi connectivity index (χ2v) is 11.2. The minimum atomic E-state index is 0.271. The Kier molecular flexibility index (Phi) is 12.5. The van der Waals surface area contributed by atoms with Crippen molar-refractivity contribution in [1.29, 1.82) is 0 Å². The van der Waals surface area contributed by atoms with Crippen LogP contribution in [0.5, 0.6) is 11.5 Å². The van der Waals surface area contributed by atoms with Crippen LogP contribution in [-0.4, -0.2) is 94.5 Å². The van der Waals surface area contributed by atoms with Gasteiger partial charge < -0.3 is 29.4 Å². The summed E-state index contributed by atoms with van der Waals surface area (Å²) >= 11 is 0. The fourth-order valence-corrected chi connectivity index (χ4v) is 4.35. The number of aromatic nitrogens is 3. The van der Waals surface area contributed by atoms with Crippen molar-refractivity contribution >= 4 is 29.0 Å². The summed E-state index contributed by atoms with van der Waals surface area (Å²) in [5, 5.41) is 10.1. The number of ether oxygens (including phenoxy) is 1. The van der Waals surface area contributed by atoms with E-state index in [9.17, 15) is 5.11 Å². The van der Waals surface area contributed by atoms with Gasteiger partial charge in [-0.25, -0.2) is 0 Å². The van der Waals surface area contributed by atoms with Crippen LogP contribution in [0, 0.1) is 0 Å². The lowest BCUT2D eigenvalue weighted by Crippen LogP contribution is -2.22. The van der Waals surface area contributed by atoms with Crippen molar-refractivity contribution in [2.45, 2.75) is 13.3 Å². The average Bonchev–Trinajstić information content (AvgIpc) is 3.00. The SMILES string of the molecule is CC/C(=C(/c1ccc(OCCN(C)C)cc1)c1cccc(O)c1)c1ccccc1.CN(C)c1nc(N(C)C)nc(N(C)C)n1. The number of allylic oxidation sites excluding steroid dienone is 1. The molecule has 0 aliphatic rings. The van der Waals surface area contributed by atoms with Crippen LogP contribution in [0.3, 0.4) is 0 Å². The molecule has 0 bridgehead atoms. The summed E-state index contributed by atoms with van der Waals surface area (Å²) in [7, 11) is 15.5. The standard InChI is InChI=1S/C26H29NO2.C9H18N6/c1-4-25(20-9-6-5-7-10-20)26(22-11-8-12-23(28)19-22)21-13-15-24(16-14-21)29-18-17-27(2)3;1-13(2)7-10-8(14(3)4)12-9(11-7)15(5)6/h5-16,19,28H,4,17-18H2,1-3H3;1-6H3/b26-25+;. The Hall–Kier alpha value is -4.63. The molecule has 1 heterocycles. The van der Waals surface area contributed by atoms with Gasteiger partial charge in [-0.2, -0.15) is 15.0 Å². The van der Waals surface area contributed by atoms with E-state index in [1.807, 2.05) is 101 Å². The molecule has 3 aromatic carbocycles. The minimum absolute atomic E-state index is 0.271. The highest BCUT2D eigenvalue weighted by atomic mass is 16.5. The van der Waals surface area contributed by atoms with Crippen LogP contribution in [-0.2, 0) is 0 Å². The second kappa shape index (κ2) is 16.3. The lowest BCUT2D eigenvalue weighted by atomic mass is 9.88. The summed E-state index contributed by atoms with van der Waals surface area (Å²) in [5.74, 6) is 3.13. The number of hydrogen-bond acceptors (Lipinski definition) is 9. The number of likely N-dealkylation sites (N-methyl/N-ethyl adjacent to an activating group) is 1. The van der Waals surface area contributed by atoms with Crippen molar-refractivity contribution in [3.63, 3.8) is 0 Å². The number of benzene rings is 3. The number of anilines is 3. The van der Waals surface area contributed by atoms with Gasteiger partial charge in [0.1, 0.15) is 18.1 Å². The van der Waals surface area contributed by atoms with Crippen LogP contribution >= 0.6 is 0 Å². The first-order chi connectivity index (χ1) is 21.0. The van der Waals surface area contributed by atoms with Crippen molar-refractivity contribution in [1.82, 2.24) is 19.9 Å². The van der Waals surface area contributed by atoms with Gasteiger partial charge in [-0.1, -0.05) is 61.5 Å². The zero-order valence-electron chi connectivity index (χ0n) is 27.6. The first kappa shape index (κ1) is 33.9. The predicted octanol–water partition coefficient (Wildman–Crippen LogP) is 5.77. The summed E-state index contributed by atoms with van der Waals surface area (Å²) in [5.41, 5.74) is 5.69. The molecule has 0 fully saturated rings. The predicted molar refractivity (Wildman–Crippen MR) is 184 cm³/mol. The normalized spacial score (nSPS) is 11.3. The quantitative estimate of drug-likeness (QED) is 0.217. The summed E-state index contributed by atoms with van der Waals surface area (Å²) in [6.07, 6.45) is 0.885. The molecule has 0 spiro atoms. The van der Waals surface area contributed by atoms with Crippen molar-refractivity contribution < 1.29 is 9.84 Å². The molecule has 0 aliphatic heterocycles.